The molecule has 1 atom stereocenters. The Balaban J connectivity index is 1.86. The Morgan fingerprint density at radius 2 is 1.57 bits per heavy atom. The third-order valence-corrected chi connectivity index (χ3v) is 5.44. The molecule has 2 aromatic rings. The van der Waals surface area contributed by atoms with Crippen LogP contribution in [0.5, 0.6) is 5.75 Å². The molecule has 2 N–H and O–H groups in total. The van der Waals surface area contributed by atoms with Crippen molar-refractivity contribution in [3.05, 3.63) is 65.2 Å². The summed E-state index contributed by atoms with van der Waals surface area (Å²) >= 11 is 0. The van der Waals surface area contributed by atoms with E-state index in [0.717, 1.165) is 5.56 Å². The van der Waals surface area contributed by atoms with Crippen LogP contribution in [0.2, 0.25) is 0 Å². The molecule has 2 rings (SSSR count). The van der Waals surface area contributed by atoms with Crippen LogP contribution in [0.15, 0.2) is 48.5 Å². The lowest BCUT2D eigenvalue weighted by atomic mass is 10.1. The minimum atomic E-state index is -3.31. The first kappa shape index (κ1) is 21.6. The van der Waals surface area contributed by atoms with E-state index < -0.39 is 16.1 Å². The van der Waals surface area contributed by atoms with Crippen LogP contribution in [0, 0.1) is 0 Å². The van der Waals surface area contributed by atoms with Crippen molar-refractivity contribution in [3.63, 3.8) is 0 Å². The number of Topliss-reactive ketones (excluding diaryl/α,β-unsaturated/α-hetero) is 1. The molecule has 0 heterocycles. The van der Waals surface area contributed by atoms with Crippen molar-refractivity contribution in [2.75, 3.05) is 7.05 Å². The average molecular weight is 404 g/mol. The number of hydrogen-bond donors (Lipinski definition) is 2. The third kappa shape index (κ3) is 6.47. The average Bonchev–Trinajstić information content (AvgIpc) is 2.67. The van der Waals surface area contributed by atoms with Crippen molar-refractivity contribution in [3.8, 4) is 5.75 Å². The number of nitrogens with one attached hydrogen (secondary N) is 2. The molecule has 1 unspecified atom stereocenters. The zero-order valence-corrected chi connectivity index (χ0v) is 16.9. The Morgan fingerprint density at radius 1 is 1.00 bits per heavy atom. The topological polar surface area (TPSA) is 102 Å². The summed E-state index contributed by atoms with van der Waals surface area (Å²) in [5.74, 6) is 0.0934. The van der Waals surface area contributed by atoms with E-state index in [1.165, 1.54) is 14.0 Å². The van der Waals surface area contributed by atoms with Crippen LogP contribution in [0.1, 0.15) is 35.3 Å². The number of benzene rings is 2. The van der Waals surface area contributed by atoms with Crippen LogP contribution < -0.4 is 14.8 Å². The van der Waals surface area contributed by atoms with Crippen LogP contribution in [-0.2, 0) is 27.1 Å². The maximum atomic E-state index is 12.2. The second kappa shape index (κ2) is 9.48. The number of carbonyl (C=O) groups excluding carboxylic acids is 2. The molecule has 8 heteroatoms. The maximum absolute atomic E-state index is 12.2. The number of hydrogen-bond acceptors (Lipinski definition) is 5. The molecular weight excluding hydrogens is 380 g/mol. The van der Waals surface area contributed by atoms with Crippen molar-refractivity contribution in [2.45, 2.75) is 32.2 Å². The normalized spacial score (nSPS) is 12.2. The first-order chi connectivity index (χ1) is 13.2. The summed E-state index contributed by atoms with van der Waals surface area (Å²) < 4.78 is 31.0. The Hall–Kier alpha value is -2.71. The molecule has 28 heavy (non-hydrogen) atoms. The van der Waals surface area contributed by atoms with Crippen LogP contribution in [-0.4, -0.2) is 33.3 Å². The van der Waals surface area contributed by atoms with Gasteiger partial charge in [0.15, 0.2) is 11.9 Å². The fourth-order valence-corrected chi connectivity index (χ4v) is 3.18. The summed E-state index contributed by atoms with van der Waals surface area (Å²) in [7, 11) is -1.94. The van der Waals surface area contributed by atoms with Crippen molar-refractivity contribution in [2.24, 2.45) is 0 Å². The number of sulfonamides is 1. The first-order valence-electron chi connectivity index (χ1n) is 8.74. The van der Waals surface area contributed by atoms with Crippen LogP contribution in [0.4, 0.5) is 0 Å². The van der Waals surface area contributed by atoms with E-state index in [1.54, 1.807) is 55.5 Å². The lowest BCUT2D eigenvalue weighted by Crippen LogP contribution is -2.35. The summed E-state index contributed by atoms with van der Waals surface area (Å²) in [5, 5.41) is 2.78. The Morgan fingerprint density at radius 3 is 2.11 bits per heavy atom. The van der Waals surface area contributed by atoms with Gasteiger partial charge >= 0.3 is 0 Å². The highest BCUT2D eigenvalue weighted by molar-refractivity contribution is 7.88. The van der Waals surface area contributed by atoms with Gasteiger partial charge < -0.3 is 10.1 Å². The predicted octanol–water partition coefficient (Wildman–Crippen LogP) is 2.02. The molecule has 0 saturated heterocycles. The fourth-order valence-electron chi connectivity index (χ4n) is 2.40. The van der Waals surface area contributed by atoms with E-state index in [9.17, 15) is 18.0 Å². The summed E-state index contributed by atoms with van der Waals surface area (Å²) in [6, 6.07) is 13.6. The van der Waals surface area contributed by atoms with E-state index in [4.69, 9.17) is 4.74 Å². The largest absolute Gasteiger partial charge is 0.481 e. The lowest BCUT2D eigenvalue weighted by molar-refractivity contribution is -0.127. The Bertz CT molecular complexity index is 922. The van der Waals surface area contributed by atoms with Gasteiger partial charge in [0, 0.05) is 12.1 Å². The summed E-state index contributed by atoms with van der Waals surface area (Å²) in [5.41, 5.74) is 2.09. The number of rotatable bonds is 9. The first-order valence-corrected chi connectivity index (χ1v) is 10.4. The molecule has 7 nitrogen and oxygen atoms in total. The zero-order chi connectivity index (χ0) is 20.7. The minimum Gasteiger partial charge on any atom is -0.481 e. The second-order valence-corrected chi connectivity index (χ2v) is 8.26. The predicted molar refractivity (Wildman–Crippen MR) is 107 cm³/mol. The molecule has 1 amide bonds. The molecule has 2 aromatic carbocycles. The molecule has 0 aliphatic carbocycles. The minimum absolute atomic E-state index is 0.0353. The van der Waals surface area contributed by atoms with Gasteiger partial charge in [-0.05, 0) is 56.3 Å². The number of amides is 1. The second-order valence-electron chi connectivity index (χ2n) is 6.34. The molecule has 0 saturated carbocycles. The van der Waals surface area contributed by atoms with Crippen LogP contribution >= 0.6 is 0 Å². The number of ketones is 1. The molecule has 150 valence electrons. The lowest BCUT2D eigenvalue weighted by Gasteiger charge is -2.15. The van der Waals surface area contributed by atoms with Crippen molar-refractivity contribution in [1.29, 1.82) is 0 Å². The molecular formula is C20H24N2O5S. The van der Waals surface area contributed by atoms with Gasteiger partial charge in [0.2, 0.25) is 10.0 Å². The molecule has 0 fully saturated rings. The van der Waals surface area contributed by atoms with E-state index in [0.29, 0.717) is 23.4 Å². The summed E-state index contributed by atoms with van der Waals surface area (Å²) in [4.78, 5) is 23.5. The van der Waals surface area contributed by atoms with E-state index in [2.05, 4.69) is 10.0 Å². The van der Waals surface area contributed by atoms with Crippen molar-refractivity contribution in [1.82, 2.24) is 10.0 Å². The summed E-state index contributed by atoms with van der Waals surface area (Å²) in [6.45, 7) is 3.42. The molecule has 0 aliphatic heterocycles. The van der Waals surface area contributed by atoms with Gasteiger partial charge in [0.25, 0.3) is 5.91 Å². The van der Waals surface area contributed by atoms with Crippen molar-refractivity contribution < 1.29 is 22.7 Å². The van der Waals surface area contributed by atoms with Crippen LogP contribution in [0.25, 0.3) is 0 Å². The van der Waals surface area contributed by atoms with Crippen LogP contribution in [0.3, 0.4) is 0 Å². The Kier molecular flexibility index (Phi) is 7.31. The van der Waals surface area contributed by atoms with E-state index in [-0.39, 0.29) is 17.4 Å². The molecule has 0 radical (unpaired) electrons. The highest BCUT2D eigenvalue weighted by Gasteiger charge is 2.15. The van der Waals surface area contributed by atoms with Gasteiger partial charge in [-0.25, -0.2) is 13.1 Å². The number of ether oxygens (including phenoxy) is 1. The fraction of sp³-hybridized carbons (Fsp3) is 0.300. The van der Waals surface area contributed by atoms with Gasteiger partial charge in [-0.15, -0.1) is 0 Å². The Labute approximate surface area is 165 Å². The maximum Gasteiger partial charge on any atom is 0.261 e. The molecule has 0 aromatic heterocycles. The monoisotopic (exact) mass is 404 g/mol. The molecule has 0 aliphatic rings. The third-order valence-electron chi connectivity index (χ3n) is 4.10. The van der Waals surface area contributed by atoms with E-state index >= 15 is 0 Å². The SMILES string of the molecule is CNS(=O)(=O)Cc1ccc(CNC(=O)C(C)Oc2ccc(C(C)=O)cc2)cc1. The zero-order valence-electron chi connectivity index (χ0n) is 16.1. The number of carbonyl (C=O) groups is 2. The summed E-state index contributed by atoms with van der Waals surface area (Å²) in [6.07, 6.45) is -0.705. The molecule has 0 bridgehead atoms. The van der Waals surface area contributed by atoms with Gasteiger partial charge in [0.1, 0.15) is 5.75 Å². The smallest absolute Gasteiger partial charge is 0.261 e. The highest BCUT2D eigenvalue weighted by atomic mass is 32.2. The standard InChI is InChI=1S/C20H24N2O5S/c1-14(23)18-8-10-19(11-9-18)27-15(2)20(24)22-12-16-4-6-17(7-5-16)13-28(25,26)21-3/h4-11,15,21H,12-13H2,1-3H3,(H,22,24). The van der Waals surface area contributed by atoms with Gasteiger partial charge in [-0.1, -0.05) is 24.3 Å². The van der Waals surface area contributed by atoms with Gasteiger partial charge in [-0.3, -0.25) is 9.59 Å². The van der Waals surface area contributed by atoms with Gasteiger partial charge in [0.05, 0.1) is 5.75 Å². The molecule has 0 spiro atoms. The highest BCUT2D eigenvalue weighted by Crippen LogP contribution is 2.14. The van der Waals surface area contributed by atoms with E-state index in [1.807, 2.05) is 0 Å². The van der Waals surface area contributed by atoms with Gasteiger partial charge in [-0.2, -0.15) is 0 Å². The van der Waals surface area contributed by atoms with Crippen molar-refractivity contribution >= 4 is 21.7 Å². The quantitative estimate of drug-likeness (QED) is 0.623.